The van der Waals surface area contributed by atoms with Gasteiger partial charge in [0.05, 0.1) is 21.1 Å². The van der Waals surface area contributed by atoms with Crippen LogP contribution in [0.4, 0.5) is 5.69 Å². The summed E-state index contributed by atoms with van der Waals surface area (Å²) < 4.78 is 52.2. The van der Waals surface area contributed by atoms with Crippen molar-refractivity contribution in [2.45, 2.75) is 29.7 Å². The van der Waals surface area contributed by atoms with Crippen LogP contribution in [0.25, 0.3) is 0 Å². The molecule has 0 saturated heterocycles. The maximum absolute atomic E-state index is 12.4. The Kier molecular flexibility index (Phi) is 6.77. The van der Waals surface area contributed by atoms with Gasteiger partial charge in [0.1, 0.15) is 0 Å². The molecule has 0 aliphatic heterocycles. The van der Waals surface area contributed by atoms with E-state index in [9.17, 15) is 26.4 Å². The highest BCUT2D eigenvalue weighted by Gasteiger charge is 2.25. The Balaban J connectivity index is 2.16. The van der Waals surface area contributed by atoms with Crippen molar-refractivity contribution in [2.24, 2.45) is 5.14 Å². The van der Waals surface area contributed by atoms with E-state index < -0.39 is 37.8 Å². The molecule has 0 saturated carbocycles. The van der Waals surface area contributed by atoms with Crippen LogP contribution in [0.1, 0.15) is 24.2 Å². The first-order valence-corrected chi connectivity index (χ1v) is 11.6. The molecular weight excluding hydrogens is 420 g/mol. The van der Waals surface area contributed by atoms with Crippen LogP contribution >= 0.6 is 0 Å². The van der Waals surface area contributed by atoms with Crippen molar-refractivity contribution in [1.82, 2.24) is 0 Å². The Morgan fingerprint density at radius 3 is 2.34 bits per heavy atom. The molecule has 1 atom stereocenters. The summed E-state index contributed by atoms with van der Waals surface area (Å²) >= 11 is 0. The molecule has 0 bridgehead atoms. The molecule has 0 aliphatic rings. The highest BCUT2D eigenvalue weighted by atomic mass is 32.2. The number of ether oxygens (including phenoxy) is 1. The van der Waals surface area contributed by atoms with Gasteiger partial charge in [0.2, 0.25) is 10.0 Å². The summed E-state index contributed by atoms with van der Waals surface area (Å²) in [6.07, 6.45) is -1.28. The third-order valence-electron chi connectivity index (χ3n) is 3.91. The van der Waals surface area contributed by atoms with Crippen molar-refractivity contribution in [3.63, 3.8) is 0 Å². The lowest BCUT2D eigenvalue weighted by Crippen LogP contribution is -2.30. The molecule has 2 aromatic carbocycles. The number of anilines is 1. The van der Waals surface area contributed by atoms with Gasteiger partial charge in [-0.05, 0) is 37.3 Å². The van der Waals surface area contributed by atoms with E-state index in [1.165, 1.54) is 56.3 Å². The fourth-order valence-electron chi connectivity index (χ4n) is 2.33. The zero-order valence-electron chi connectivity index (χ0n) is 15.7. The van der Waals surface area contributed by atoms with Crippen molar-refractivity contribution in [2.75, 3.05) is 11.1 Å². The Morgan fingerprint density at radius 2 is 1.72 bits per heavy atom. The fourth-order valence-corrected chi connectivity index (χ4v) is 3.98. The molecule has 0 aromatic heterocycles. The second kappa shape index (κ2) is 8.72. The van der Waals surface area contributed by atoms with Crippen LogP contribution in [0.15, 0.2) is 58.3 Å². The summed E-state index contributed by atoms with van der Waals surface area (Å²) in [5.74, 6) is -1.91. The molecule has 156 valence electrons. The largest absolute Gasteiger partial charge is 0.449 e. The normalized spacial score (nSPS) is 12.8. The third kappa shape index (κ3) is 5.62. The summed E-state index contributed by atoms with van der Waals surface area (Å²) in [5.41, 5.74) is -0.0383. The monoisotopic (exact) mass is 440 g/mol. The quantitative estimate of drug-likeness (QED) is 0.616. The average Bonchev–Trinajstić information content (AvgIpc) is 2.67. The van der Waals surface area contributed by atoms with Crippen LogP contribution in [0.3, 0.4) is 0 Å². The second-order valence-electron chi connectivity index (χ2n) is 6.01. The Labute approximate surface area is 168 Å². The van der Waals surface area contributed by atoms with Gasteiger partial charge in [-0.25, -0.2) is 26.8 Å². The zero-order chi connectivity index (χ0) is 21.8. The van der Waals surface area contributed by atoms with Crippen LogP contribution in [0.5, 0.6) is 0 Å². The zero-order valence-corrected chi connectivity index (χ0v) is 17.3. The molecule has 1 amide bonds. The summed E-state index contributed by atoms with van der Waals surface area (Å²) in [4.78, 5) is 24.3. The fraction of sp³-hybridized carbons (Fsp3) is 0.222. The van der Waals surface area contributed by atoms with E-state index in [2.05, 4.69) is 5.32 Å². The number of esters is 1. The van der Waals surface area contributed by atoms with Gasteiger partial charge in [-0.15, -0.1) is 0 Å². The number of primary sulfonamides is 1. The molecule has 0 radical (unpaired) electrons. The molecule has 3 N–H and O–H groups in total. The standard InChI is InChI=1S/C18H20N2O7S2/c1-3-28(23,24)16-10-5-4-9-15(16)18(22)27-12(2)17(21)20-13-7-6-8-14(11-13)29(19,25)26/h4-12H,3H2,1-2H3,(H,20,21)(H2,19,25,26). The highest BCUT2D eigenvalue weighted by Crippen LogP contribution is 2.19. The molecular formula is C18H20N2O7S2. The van der Waals surface area contributed by atoms with Crippen LogP contribution in [-0.4, -0.2) is 40.6 Å². The summed E-state index contributed by atoms with van der Waals surface area (Å²) in [7, 11) is -7.62. The Bertz CT molecular complexity index is 1140. The molecule has 29 heavy (non-hydrogen) atoms. The molecule has 2 rings (SSSR count). The first kappa shape index (κ1) is 22.5. The number of benzene rings is 2. The van der Waals surface area contributed by atoms with Gasteiger partial charge >= 0.3 is 5.97 Å². The van der Waals surface area contributed by atoms with Crippen molar-refractivity contribution in [3.8, 4) is 0 Å². The number of nitrogens with one attached hydrogen (secondary N) is 1. The van der Waals surface area contributed by atoms with Crippen LogP contribution in [0, 0.1) is 0 Å². The topological polar surface area (TPSA) is 150 Å². The Morgan fingerprint density at radius 1 is 1.07 bits per heavy atom. The smallest absolute Gasteiger partial charge is 0.340 e. The SMILES string of the molecule is CCS(=O)(=O)c1ccccc1C(=O)OC(C)C(=O)Nc1cccc(S(N)(=O)=O)c1. The minimum absolute atomic E-state index is 0.137. The van der Waals surface area contributed by atoms with E-state index in [0.717, 1.165) is 6.07 Å². The lowest BCUT2D eigenvalue weighted by molar-refractivity contribution is -0.123. The number of sulfone groups is 1. The molecule has 0 heterocycles. The number of sulfonamides is 1. The first-order chi connectivity index (χ1) is 13.5. The van der Waals surface area contributed by atoms with E-state index in [4.69, 9.17) is 9.88 Å². The maximum atomic E-state index is 12.4. The Hall–Kier alpha value is -2.76. The van der Waals surface area contributed by atoms with Crippen molar-refractivity contribution in [3.05, 3.63) is 54.1 Å². The molecule has 0 fully saturated rings. The number of nitrogens with two attached hydrogens (primary N) is 1. The molecule has 11 heteroatoms. The lowest BCUT2D eigenvalue weighted by Gasteiger charge is -2.15. The number of hydrogen-bond donors (Lipinski definition) is 2. The van der Waals surface area contributed by atoms with E-state index >= 15 is 0 Å². The van der Waals surface area contributed by atoms with Gasteiger partial charge in [-0.1, -0.05) is 25.1 Å². The number of hydrogen-bond acceptors (Lipinski definition) is 7. The van der Waals surface area contributed by atoms with Crippen LogP contribution in [0.2, 0.25) is 0 Å². The minimum atomic E-state index is -3.95. The van der Waals surface area contributed by atoms with Crippen molar-refractivity contribution in [1.29, 1.82) is 0 Å². The predicted octanol–water partition coefficient (Wildman–Crippen LogP) is 1.31. The molecule has 2 aromatic rings. The van der Waals surface area contributed by atoms with Crippen LogP contribution in [-0.2, 0) is 29.4 Å². The van der Waals surface area contributed by atoms with Crippen LogP contribution < -0.4 is 10.5 Å². The summed E-state index contributed by atoms with van der Waals surface area (Å²) in [6, 6.07) is 10.8. The number of amides is 1. The lowest BCUT2D eigenvalue weighted by atomic mass is 10.2. The van der Waals surface area contributed by atoms with E-state index in [-0.39, 0.29) is 26.8 Å². The summed E-state index contributed by atoms with van der Waals surface area (Å²) in [6.45, 7) is 2.75. The molecule has 0 aliphatic carbocycles. The van der Waals surface area contributed by atoms with Crippen molar-refractivity contribution < 1.29 is 31.2 Å². The van der Waals surface area contributed by atoms with Gasteiger partial charge in [0.25, 0.3) is 5.91 Å². The molecule has 0 spiro atoms. The molecule has 9 nitrogen and oxygen atoms in total. The van der Waals surface area contributed by atoms with E-state index in [1.807, 2.05) is 0 Å². The van der Waals surface area contributed by atoms with Gasteiger partial charge in [-0.2, -0.15) is 0 Å². The van der Waals surface area contributed by atoms with Gasteiger partial charge in [0, 0.05) is 5.69 Å². The van der Waals surface area contributed by atoms with Gasteiger partial charge in [-0.3, -0.25) is 4.79 Å². The van der Waals surface area contributed by atoms with E-state index in [0.29, 0.717) is 0 Å². The summed E-state index contributed by atoms with van der Waals surface area (Å²) in [5, 5.41) is 7.46. The molecule has 1 unspecified atom stereocenters. The number of carbonyl (C=O) groups is 2. The third-order valence-corrected chi connectivity index (χ3v) is 6.60. The van der Waals surface area contributed by atoms with Gasteiger partial charge < -0.3 is 10.1 Å². The predicted molar refractivity (Wildman–Crippen MR) is 105 cm³/mol. The van der Waals surface area contributed by atoms with E-state index in [1.54, 1.807) is 0 Å². The first-order valence-electron chi connectivity index (χ1n) is 8.42. The number of rotatable bonds is 7. The maximum Gasteiger partial charge on any atom is 0.340 e. The highest BCUT2D eigenvalue weighted by molar-refractivity contribution is 7.91. The average molecular weight is 440 g/mol. The second-order valence-corrected chi connectivity index (χ2v) is 9.82. The minimum Gasteiger partial charge on any atom is -0.449 e. The van der Waals surface area contributed by atoms with Crippen molar-refractivity contribution >= 4 is 37.4 Å². The number of carbonyl (C=O) groups excluding carboxylic acids is 2. The van der Waals surface area contributed by atoms with Gasteiger partial charge in [0.15, 0.2) is 15.9 Å².